The van der Waals surface area contributed by atoms with Gasteiger partial charge in [-0.05, 0) is 52.0 Å². The van der Waals surface area contributed by atoms with E-state index in [0.29, 0.717) is 17.0 Å². The second kappa shape index (κ2) is 5.41. The van der Waals surface area contributed by atoms with Gasteiger partial charge in [-0.15, -0.1) is 0 Å². The van der Waals surface area contributed by atoms with Gasteiger partial charge in [0.25, 0.3) is 0 Å². The molecule has 2 heterocycles. The van der Waals surface area contributed by atoms with Crippen LogP contribution in [0.5, 0.6) is 0 Å². The van der Waals surface area contributed by atoms with Crippen LogP contribution < -0.4 is 0 Å². The van der Waals surface area contributed by atoms with E-state index < -0.39 is 5.60 Å². The summed E-state index contributed by atoms with van der Waals surface area (Å²) in [7, 11) is 0. The molecular weight excluding hydrogens is 252 g/mol. The van der Waals surface area contributed by atoms with Crippen LogP contribution in [-0.4, -0.2) is 21.5 Å². The summed E-state index contributed by atoms with van der Waals surface area (Å²) >= 11 is 0. The maximum Gasteiger partial charge on any atom is 0.340 e. The molecule has 0 aliphatic heterocycles. The molecule has 0 radical (unpaired) electrons. The SMILES string of the molecule is Cc1cccc(-c2ncccc2C(=O)OC(C)(C)C)n1. The molecule has 0 fully saturated rings. The van der Waals surface area contributed by atoms with Crippen molar-refractivity contribution in [2.45, 2.75) is 33.3 Å². The van der Waals surface area contributed by atoms with Crippen molar-refractivity contribution in [3.63, 3.8) is 0 Å². The average Bonchev–Trinajstić information content (AvgIpc) is 2.37. The van der Waals surface area contributed by atoms with Gasteiger partial charge in [-0.2, -0.15) is 0 Å². The molecule has 4 heteroatoms. The minimum Gasteiger partial charge on any atom is -0.456 e. The van der Waals surface area contributed by atoms with Crippen LogP contribution >= 0.6 is 0 Å². The van der Waals surface area contributed by atoms with E-state index in [4.69, 9.17) is 4.74 Å². The van der Waals surface area contributed by atoms with E-state index in [1.807, 2.05) is 45.9 Å². The van der Waals surface area contributed by atoms with Gasteiger partial charge in [-0.25, -0.2) is 4.79 Å². The molecule has 0 amide bonds. The molecule has 20 heavy (non-hydrogen) atoms. The summed E-state index contributed by atoms with van der Waals surface area (Å²) in [4.78, 5) is 20.9. The third-order valence-electron chi connectivity index (χ3n) is 2.56. The third-order valence-corrected chi connectivity index (χ3v) is 2.56. The first kappa shape index (κ1) is 14.2. The maximum absolute atomic E-state index is 12.2. The quantitative estimate of drug-likeness (QED) is 0.785. The van der Waals surface area contributed by atoms with Crippen LogP contribution in [0.2, 0.25) is 0 Å². The lowest BCUT2D eigenvalue weighted by Crippen LogP contribution is -2.24. The number of hydrogen-bond acceptors (Lipinski definition) is 4. The summed E-state index contributed by atoms with van der Waals surface area (Å²) in [6.07, 6.45) is 1.65. The Morgan fingerprint density at radius 3 is 2.55 bits per heavy atom. The summed E-state index contributed by atoms with van der Waals surface area (Å²) in [5, 5.41) is 0. The highest BCUT2D eigenvalue weighted by Crippen LogP contribution is 2.22. The summed E-state index contributed by atoms with van der Waals surface area (Å²) in [6, 6.07) is 9.06. The van der Waals surface area contributed by atoms with Gasteiger partial charge in [0.15, 0.2) is 0 Å². The molecule has 0 aliphatic rings. The van der Waals surface area contributed by atoms with Crippen LogP contribution in [0.3, 0.4) is 0 Å². The Balaban J connectivity index is 2.43. The van der Waals surface area contributed by atoms with Crippen molar-refractivity contribution in [2.24, 2.45) is 0 Å². The molecule has 0 aromatic carbocycles. The molecule has 2 rings (SSSR count). The van der Waals surface area contributed by atoms with Crippen molar-refractivity contribution in [2.75, 3.05) is 0 Å². The molecular formula is C16H18N2O2. The number of esters is 1. The minimum atomic E-state index is -0.537. The lowest BCUT2D eigenvalue weighted by atomic mass is 10.1. The van der Waals surface area contributed by atoms with Crippen molar-refractivity contribution in [1.29, 1.82) is 0 Å². The smallest absolute Gasteiger partial charge is 0.340 e. The first-order valence-corrected chi connectivity index (χ1v) is 6.49. The van der Waals surface area contributed by atoms with Gasteiger partial charge >= 0.3 is 5.97 Å². The Morgan fingerprint density at radius 1 is 1.15 bits per heavy atom. The van der Waals surface area contributed by atoms with E-state index in [2.05, 4.69) is 9.97 Å². The van der Waals surface area contributed by atoms with Crippen molar-refractivity contribution in [3.8, 4) is 11.4 Å². The van der Waals surface area contributed by atoms with E-state index in [9.17, 15) is 4.79 Å². The number of aryl methyl sites for hydroxylation is 1. The molecule has 4 nitrogen and oxygen atoms in total. The average molecular weight is 270 g/mol. The van der Waals surface area contributed by atoms with Gasteiger partial charge in [0, 0.05) is 11.9 Å². The van der Waals surface area contributed by atoms with Crippen LogP contribution in [-0.2, 0) is 4.74 Å². The van der Waals surface area contributed by atoms with Crippen molar-refractivity contribution >= 4 is 5.97 Å². The summed E-state index contributed by atoms with van der Waals surface area (Å²) < 4.78 is 5.41. The molecule has 2 aromatic rings. The van der Waals surface area contributed by atoms with Gasteiger partial charge < -0.3 is 4.74 Å². The van der Waals surface area contributed by atoms with E-state index >= 15 is 0 Å². The fraction of sp³-hybridized carbons (Fsp3) is 0.312. The number of rotatable bonds is 2. The normalized spacial score (nSPS) is 11.2. The zero-order valence-electron chi connectivity index (χ0n) is 12.2. The number of ether oxygens (including phenoxy) is 1. The van der Waals surface area contributed by atoms with Gasteiger partial charge in [0.1, 0.15) is 11.3 Å². The molecule has 104 valence electrons. The summed E-state index contributed by atoms with van der Waals surface area (Å²) in [6.45, 7) is 7.42. The standard InChI is InChI=1S/C16H18N2O2/c1-11-7-5-9-13(18-11)14-12(8-6-10-17-14)15(19)20-16(2,3)4/h5-10H,1-4H3. The largest absolute Gasteiger partial charge is 0.456 e. The Labute approximate surface area is 118 Å². The molecule has 0 spiro atoms. The Bertz CT molecular complexity index is 630. The number of carbonyl (C=O) groups is 1. The molecule has 0 N–H and O–H groups in total. The molecule has 0 aliphatic carbocycles. The second-order valence-electron chi connectivity index (χ2n) is 5.57. The van der Waals surface area contributed by atoms with E-state index in [0.717, 1.165) is 5.69 Å². The highest BCUT2D eigenvalue weighted by molar-refractivity contribution is 5.95. The third kappa shape index (κ3) is 3.41. The Morgan fingerprint density at radius 2 is 1.90 bits per heavy atom. The molecule has 0 saturated carbocycles. The van der Waals surface area contributed by atoms with E-state index in [-0.39, 0.29) is 5.97 Å². The predicted molar refractivity (Wildman–Crippen MR) is 77.4 cm³/mol. The van der Waals surface area contributed by atoms with Crippen LogP contribution in [0.25, 0.3) is 11.4 Å². The number of carbonyl (C=O) groups excluding carboxylic acids is 1. The van der Waals surface area contributed by atoms with Gasteiger partial charge in [0.05, 0.1) is 11.3 Å². The maximum atomic E-state index is 12.2. The molecule has 0 saturated heterocycles. The van der Waals surface area contributed by atoms with Crippen molar-refractivity contribution in [3.05, 3.63) is 47.8 Å². The molecule has 0 bridgehead atoms. The fourth-order valence-corrected chi connectivity index (χ4v) is 1.78. The monoisotopic (exact) mass is 270 g/mol. The van der Waals surface area contributed by atoms with Crippen molar-refractivity contribution < 1.29 is 9.53 Å². The molecule has 0 unspecified atom stereocenters. The predicted octanol–water partition coefficient (Wildman–Crippen LogP) is 3.41. The summed E-state index contributed by atoms with van der Waals surface area (Å²) in [5.74, 6) is -0.385. The van der Waals surface area contributed by atoms with E-state index in [1.54, 1.807) is 18.3 Å². The van der Waals surface area contributed by atoms with Crippen LogP contribution in [0.4, 0.5) is 0 Å². The number of nitrogens with zero attached hydrogens (tertiary/aromatic N) is 2. The Hall–Kier alpha value is -2.23. The van der Waals surface area contributed by atoms with Crippen LogP contribution in [0.1, 0.15) is 36.8 Å². The highest BCUT2D eigenvalue weighted by atomic mass is 16.6. The van der Waals surface area contributed by atoms with Gasteiger partial charge in [0.2, 0.25) is 0 Å². The highest BCUT2D eigenvalue weighted by Gasteiger charge is 2.21. The number of hydrogen-bond donors (Lipinski definition) is 0. The molecule has 0 atom stereocenters. The topological polar surface area (TPSA) is 52.1 Å². The fourth-order valence-electron chi connectivity index (χ4n) is 1.78. The zero-order valence-corrected chi connectivity index (χ0v) is 12.2. The first-order valence-electron chi connectivity index (χ1n) is 6.49. The van der Waals surface area contributed by atoms with Gasteiger partial charge in [-0.3, -0.25) is 9.97 Å². The number of pyridine rings is 2. The zero-order chi connectivity index (χ0) is 14.8. The second-order valence-corrected chi connectivity index (χ2v) is 5.57. The number of aromatic nitrogens is 2. The lowest BCUT2D eigenvalue weighted by Gasteiger charge is -2.20. The van der Waals surface area contributed by atoms with Crippen molar-refractivity contribution in [1.82, 2.24) is 9.97 Å². The Kier molecular flexibility index (Phi) is 3.84. The van der Waals surface area contributed by atoms with E-state index in [1.165, 1.54) is 0 Å². The summed E-state index contributed by atoms with van der Waals surface area (Å²) in [5.41, 5.74) is 1.99. The van der Waals surface area contributed by atoms with Gasteiger partial charge in [-0.1, -0.05) is 6.07 Å². The molecule has 2 aromatic heterocycles. The first-order chi connectivity index (χ1) is 9.37. The van der Waals surface area contributed by atoms with Crippen LogP contribution in [0, 0.1) is 6.92 Å². The van der Waals surface area contributed by atoms with Crippen LogP contribution in [0.15, 0.2) is 36.5 Å². The lowest BCUT2D eigenvalue weighted by molar-refractivity contribution is 0.00700. The minimum absolute atomic E-state index is 0.385.